The number of nitrogens with one attached hydrogen (secondary N) is 2. The normalized spacial score (nSPS) is 12.0. The molecule has 0 heterocycles. The van der Waals surface area contributed by atoms with Crippen LogP contribution in [-0.2, 0) is 19.4 Å². The fourth-order valence-corrected chi connectivity index (χ4v) is 4.94. The second kappa shape index (κ2) is 15.2. The lowest BCUT2D eigenvalue weighted by Crippen LogP contribution is -2.25. The van der Waals surface area contributed by atoms with Crippen LogP contribution in [0.2, 0.25) is 0 Å². The largest absolute Gasteiger partial charge is 0.508 e. The maximum Gasteiger partial charge on any atom is 0.165 e. The van der Waals surface area contributed by atoms with Crippen LogP contribution < -0.4 is 15.4 Å². The van der Waals surface area contributed by atoms with Crippen molar-refractivity contribution < 1.29 is 19.3 Å². The van der Waals surface area contributed by atoms with Gasteiger partial charge in [0, 0.05) is 36.1 Å². The van der Waals surface area contributed by atoms with Crippen LogP contribution >= 0.6 is 0 Å². The minimum atomic E-state index is -0.600. The quantitative estimate of drug-likeness (QED) is 0.123. The van der Waals surface area contributed by atoms with E-state index in [4.69, 9.17) is 4.74 Å². The second-order valence-electron chi connectivity index (χ2n) is 10.7. The van der Waals surface area contributed by atoms with Gasteiger partial charge in [0.15, 0.2) is 11.6 Å². The highest BCUT2D eigenvalue weighted by Crippen LogP contribution is 2.34. The Morgan fingerprint density at radius 3 is 2.32 bits per heavy atom. The Morgan fingerprint density at radius 1 is 0.805 bits per heavy atom. The predicted molar refractivity (Wildman–Crippen MR) is 163 cm³/mol. The number of ether oxygens (including phenoxy) is 1. The molecule has 0 saturated carbocycles. The second-order valence-corrected chi connectivity index (χ2v) is 10.7. The molecular formula is C35H41FN2O3. The highest BCUT2D eigenvalue weighted by Gasteiger charge is 2.18. The molecule has 4 N–H and O–H groups in total. The average molecular weight is 557 g/mol. The Morgan fingerprint density at radius 2 is 1.56 bits per heavy atom. The third kappa shape index (κ3) is 9.07. The van der Waals surface area contributed by atoms with Crippen LogP contribution in [0, 0.1) is 5.82 Å². The smallest absolute Gasteiger partial charge is 0.165 e. The molecule has 0 unspecified atom stereocenters. The van der Waals surface area contributed by atoms with E-state index in [-0.39, 0.29) is 11.7 Å². The van der Waals surface area contributed by atoms with Crippen molar-refractivity contribution in [2.45, 2.75) is 51.6 Å². The number of rotatable bonds is 15. The van der Waals surface area contributed by atoms with Gasteiger partial charge < -0.3 is 25.6 Å². The summed E-state index contributed by atoms with van der Waals surface area (Å²) in [4.78, 5) is 0. The van der Waals surface area contributed by atoms with E-state index >= 15 is 0 Å². The van der Waals surface area contributed by atoms with Crippen molar-refractivity contribution in [3.63, 3.8) is 0 Å². The number of phenols is 2. The lowest BCUT2D eigenvalue weighted by Gasteiger charge is -2.21. The van der Waals surface area contributed by atoms with Gasteiger partial charge in [-0.05, 0) is 66.9 Å². The Hall–Kier alpha value is -3.87. The monoisotopic (exact) mass is 556 g/mol. The molecule has 0 saturated heterocycles. The van der Waals surface area contributed by atoms with Gasteiger partial charge in [-0.3, -0.25) is 0 Å². The van der Waals surface area contributed by atoms with Crippen LogP contribution in [-0.4, -0.2) is 36.0 Å². The molecule has 0 fully saturated rings. The SMILES string of the molecule is CC(C)NCC[C@H](c1ccccc1)c1cc(CCOc2ccc(CCNCc3cccc(F)c3O)cc2)ccc1O. The number of hydrogen-bond acceptors (Lipinski definition) is 5. The van der Waals surface area contributed by atoms with Crippen LogP contribution in [0.15, 0.2) is 91.0 Å². The van der Waals surface area contributed by atoms with Crippen molar-refractivity contribution in [2.75, 3.05) is 19.7 Å². The standard InChI is InChI=1S/C35H41FN2O3/c1-25(2)38-21-18-31(28-7-4-3-5-8-28)32-23-27(13-16-34(32)39)19-22-41-30-14-11-26(12-15-30)17-20-37-24-29-9-6-10-33(36)35(29)40/h3-16,23,25,31,37-40H,17-22,24H2,1-2H3/t31-/m1/s1. The molecule has 0 spiro atoms. The highest BCUT2D eigenvalue weighted by molar-refractivity contribution is 5.44. The van der Waals surface area contributed by atoms with Crippen LogP contribution in [0.25, 0.3) is 0 Å². The molecule has 0 aliphatic rings. The number of hydrogen-bond donors (Lipinski definition) is 4. The van der Waals surface area contributed by atoms with Gasteiger partial charge in [0.2, 0.25) is 0 Å². The summed E-state index contributed by atoms with van der Waals surface area (Å²) in [7, 11) is 0. The van der Waals surface area contributed by atoms with Crippen LogP contribution in [0.4, 0.5) is 4.39 Å². The molecule has 0 radical (unpaired) electrons. The topological polar surface area (TPSA) is 73.8 Å². The molecule has 5 nitrogen and oxygen atoms in total. The fourth-order valence-electron chi connectivity index (χ4n) is 4.94. The molecule has 41 heavy (non-hydrogen) atoms. The summed E-state index contributed by atoms with van der Waals surface area (Å²) in [5, 5.41) is 27.3. The summed E-state index contributed by atoms with van der Waals surface area (Å²) in [5.74, 6) is 0.347. The van der Waals surface area contributed by atoms with Crippen LogP contribution in [0.5, 0.6) is 17.2 Å². The first-order valence-corrected chi connectivity index (χ1v) is 14.4. The minimum Gasteiger partial charge on any atom is -0.508 e. The zero-order chi connectivity index (χ0) is 29.0. The van der Waals surface area contributed by atoms with Crippen LogP contribution in [0.3, 0.4) is 0 Å². The van der Waals surface area contributed by atoms with Gasteiger partial charge >= 0.3 is 0 Å². The predicted octanol–water partition coefficient (Wildman–Crippen LogP) is 6.71. The Labute approximate surface area is 243 Å². The molecule has 4 aromatic rings. The van der Waals surface area contributed by atoms with E-state index in [2.05, 4.69) is 42.7 Å². The van der Waals surface area contributed by atoms with E-state index in [1.165, 1.54) is 11.6 Å². The van der Waals surface area contributed by atoms with Crippen molar-refractivity contribution in [3.05, 3.63) is 125 Å². The Kier molecular flexibility index (Phi) is 11.2. The molecule has 0 aliphatic heterocycles. The highest BCUT2D eigenvalue weighted by atomic mass is 19.1. The lowest BCUT2D eigenvalue weighted by molar-refractivity contribution is 0.321. The summed E-state index contributed by atoms with van der Waals surface area (Å²) in [6.07, 6.45) is 2.43. The molecule has 6 heteroatoms. The molecule has 1 atom stereocenters. The molecule has 0 amide bonds. The van der Waals surface area contributed by atoms with Gasteiger partial charge in [-0.2, -0.15) is 0 Å². The van der Waals surface area contributed by atoms with E-state index in [1.54, 1.807) is 18.2 Å². The molecule has 4 aromatic carbocycles. The Bertz CT molecular complexity index is 1360. The zero-order valence-corrected chi connectivity index (χ0v) is 23.9. The van der Waals surface area contributed by atoms with E-state index in [1.807, 2.05) is 48.5 Å². The lowest BCUT2D eigenvalue weighted by atomic mass is 9.86. The van der Waals surface area contributed by atoms with Crippen LogP contribution in [0.1, 0.15) is 54.0 Å². The summed E-state index contributed by atoms with van der Waals surface area (Å²) in [5.41, 5.74) is 4.99. The maximum absolute atomic E-state index is 13.5. The van der Waals surface area contributed by atoms with Gasteiger partial charge in [0.1, 0.15) is 11.5 Å². The fraction of sp³-hybridized carbons (Fsp3) is 0.314. The van der Waals surface area contributed by atoms with E-state index in [0.717, 1.165) is 48.2 Å². The average Bonchev–Trinajstić information content (AvgIpc) is 2.98. The van der Waals surface area contributed by atoms with Gasteiger partial charge in [-0.25, -0.2) is 4.39 Å². The molecule has 0 aromatic heterocycles. The number of aromatic hydroxyl groups is 2. The summed E-state index contributed by atoms with van der Waals surface area (Å²) in [6.45, 7) is 6.80. The van der Waals surface area contributed by atoms with Crippen molar-refractivity contribution in [1.29, 1.82) is 0 Å². The Balaban J connectivity index is 1.28. The number of para-hydroxylation sites is 1. The summed E-state index contributed by atoms with van der Waals surface area (Å²) in [6, 6.07) is 29.3. The van der Waals surface area contributed by atoms with Crippen molar-refractivity contribution >= 4 is 0 Å². The van der Waals surface area contributed by atoms with E-state index < -0.39 is 5.82 Å². The van der Waals surface area contributed by atoms with Gasteiger partial charge in [0.05, 0.1) is 6.61 Å². The molecule has 216 valence electrons. The third-order valence-electron chi connectivity index (χ3n) is 7.21. The van der Waals surface area contributed by atoms with Crippen molar-refractivity contribution in [3.8, 4) is 17.2 Å². The number of halogens is 1. The molecule has 0 bridgehead atoms. The van der Waals surface area contributed by atoms with Gasteiger partial charge in [0.25, 0.3) is 0 Å². The molecule has 0 aliphatic carbocycles. The first-order valence-electron chi connectivity index (χ1n) is 14.4. The summed E-state index contributed by atoms with van der Waals surface area (Å²) >= 11 is 0. The molecule has 4 rings (SSSR count). The third-order valence-corrected chi connectivity index (χ3v) is 7.21. The number of benzene rings is 4. The summed E-state index contributed by atoms with van der Waals surface area (Å²) < 4.78 is 19.5. The van der Waals surface area contributed by atoms with Crippen molar-refractivity contribution in [1.82, 2.24) is 10.6 Å². The van der Waals surface area contributed by atoms with E-state index in [0.29, 0.717) is 37.1 Å². The number of phenolic OH excluding ortho intramolecular Hbond substituents is 2. The first kappa shape index (κ1) is 30.1. The van der Waals surface area contributed by atoms with Gasteiger partial charge in [-0.15, -0.1) is 0 Å². The van der Waals surface area contributed by atoms with E-state index in [9.17, 15) is 14.6 Å². The van der Waals surface area contributed by atoms with Gasteiger partial charge in [-0.1, -0.05) is 80.6 Å². The first-order chi connectivity index (χ1) is 19.9. The van der Waals surface area contributed by atoms with Crippen molar-refractivity contribution in [2.24, 2.45) is 0 Å². The zero-order valence-electron chi connectivity index (χ0n) is 23.9. The minimum absolute atomic E-state index is 0.102. The molecular weight excluding hydrogens is 515 g/mol. The maximum atomic E-state index is 13.5.